The molecule has 0 fully saturated rings. The van der Waals surface area contributed by atoms with E-state index < -0.39 is 0 Å². The highest BCUT2D eigenvalue weighted by molar-refractivity contribution is 6.09. The normalized spacial score (nSPS) is 20.2. The van der Waals surface area contributed by atoms with Gasteiger partial charge in [0.05, 0.1) is 28.3 Å². The molecule has 59 heavy (non-hydrogen) atoms. The molecule has 0 bridgehead atoms. The molecule has 4 heterocycles. The van der Waals surface area contributed by atoms with E-state index in [2.05, 4.69) is 204 Å². The maximum absolute atomic E-state index is 6.75. The molecule has 4 unspecified atom stereocenters. The average molecular weight is 762 g/mol. The fraction of sp³-hybridized carbons (Fsp3) is 0.127. The molecule has 12 rings (SSSR count). The summed E-state index contributed by atoms with van der Waals surface area (Å²) in [6, 6.07) is 49.5. The summed E-state index contributed by atoms with van der Waals surface area (Å²) in [6.07, 6.45) is 20.1. The third-order valence-corrected chi connectivity index (χ3v) is 13.2. The zero-order valence-corrected chi connectivity index (χ0v) is 33.0. The van der Waals surface area contributed by atoms with Crippen LogP contribution in [0, 0.1) is 0 Å². The number of nitrogens with zero attached hydrogens (tertiary/aromatic N) is 3. The van der Waals surface area contributed by atoms with E-state index in [4.69, 9.17) is 4.74 Å². The van der Waals surface area contributed by atoms with Gasteiger partial charge in [-0.3, -0.25) is 0 Å². The summed E-state index contributed by atoms with van der Waals surface area (Å²) >= 11 is 0. The maximum Gasteiger partial charge on any atom is 0.123 e. The highest BCUT2D eigenvalue weighted by atomic mass is 16.5. The number of anilines is 1. The minimum atomic E-state index is 0.130. The maximum atomic E-state index is 6.75. The van der Waals surface area contributed by atoms with Crippen molar-refractivity contribution in [1.29, 1.82) is 0 Å². The number of hydrogen-bond acceptors (Lipinski definition) is 2. The molecule has 2 aliphatic heterocycles. The number of benzene rings is 6. The number of ether oxygens (including phenoxy) is 1. The minimum absolute atomic E-state index is 0.130. The van der Waals surface area contributed by atoms with Gasteiger partial charge in [0.15, 0.2) is 0 Å². The molecule has 2 aliphatic carbocycles. The smallest absolute Gasteiger partial charge is 0.123 e. The fourth-order valence-corrected chi connectivity index (χ4v) is 10.7. The van der Waals surface area contributed by atoms with Crippen LogP contribution < -0.4 is 9.64 Å². The van der Waals surface area contributed by atoms with Crippen LogP contribution in [0.5, 0.6) is 5.75 Å². The predicted octanol–water partition coefficient (Wildman–Crippen LogP) is 13.7. The molecule has 4 nitrogen and oxygen atoms in total. The lowest BCUT2D eigenvalue weighted by atomic mass is 9.85. The number of aromatic nitrogens is 2. The molecule has 4 aliphatic rings. The Balaban J connectivity index is 1.05. The van der Waals surface area contributed by atoms with Gasteiger partial charge in [0, 0.05) is 61.9 Å². The van der Waals surface area contributed by atoms with Gasteiger partial charge in [0.1, 0.15) is 11.9 Å². The largest absolute Gasteiger partial charge is 0.489 e. The van der Waals surface area contributed by atoms with Gasteiger partial charge in [-0.15, -0.1) is 0 Å². The van der Waals surface area contributed by atoms with Crippen molar-refractivity contribution in [2.24, 2.45) is 0 Å². The highest BCUT2D eigenvalue weighted by Gasteiger charge is 2.42. The lowest BCUT2D eigenvalue weighted by Gasteiger charge is -2.35. The van der Waals surface area contributed by atoms with E-state index in [0.717, 1.165) is 46.7 Å². The first-order valence-electron chi connectivity index (χ1n) is 21.0. The Morgan fingerprint density at radius 1 is 0.644 bits per heavy atom. The van der Waals surface area contributed by atoms with Crippen molar-refractivity contribution in [3.05, 3.63) is 205 Å². The lowest BCUT2D eigenvalue weighted by Crippen LogP contribution is -2.35. The highest BCUT2D eigenvalue weighted by Crippen LogP contribution is 2.51. The van der Waals surface area contributed by atoms with Crippen LogP contribution in [0.15, 0.2) is 182 Å². The second-order valence-electron chi connectivity index (χ2n) is 16.3. The molecule has 4 heteroatoms. The Bertz CT molecular complexity index is 3110. The van der Waals surface area contributed by atoms with Gasteiger partial charge in [-0.25, -0.2) is 0 Å². The molecular formula is C55H43N3O. The van der Waals surface area contributed by atoms with Crippen molar-refractivity contribution in [3.63, 3.8) is 0 Å². The SMILES string of the molecule is C=Cc1c(/C=C\C)c2ccccc2n1-c1cc(-c2ccc3c(c2)C2C=C(N4c5ccccc5C5C=CC=CC54)CCC2O3)cc(-n2c3ccccc3c3ccccc32)c1. The van der Waals surface area contributed by atoms with Crippen LogP contribution in [0.3, 0.4) is 0 Å². The van der Waals surface area contributed by atoms with Crippen molar-refractivity contribution < 1.29 is 4.74 Å². The summed E-state index contributed by atoms with van der Waals surface area (Å²) in [4.78, 5) is 2.61. The van der Waals surface area contributed by atoms with E-state index in [0.29, 0.717) is 12.0 Å². The summed E-state index contributed by atoms with van der Waals surface area (Å²) in [5.41, 5.74) is 15.7. The summed E-state index contributed by atoms with van der Waals surface area (Å²) in [5.74, 6) is 1.55. The van der Waals surface area contributed by atoms with Crippen LogP contribution in [-0.2, 0) is 0 Å². The molecule has 0 saturated carbocycles. The number of hydrogen-bond donors (Lipinski definition) is 0. The second-order valence-corrected chi connectivity index (χ2v) is 16.3. The number of para-hydroxylation sites is 4. The Labute approximate surface area is 344 Å². The topological polar surface area (TPSA) is 22.3 Å². The van der Waals surface area contributed by atoms with Gasteiger partial charge in [-0.2, -0.15) is 0 Å². The van der Waals surface area contributed by atoms with Crippen LogP contribution in [0.25, 0.3) is 67.4 Å². The van der Waals surface area contributed by atoms with Crippen LogP contribution in [-0.4, -0.2) is 21.3 Å². The van der Waals surface area contributed by atoms with Gasteiger partial charge in [-0.05, 0) is 97.1 Å². The molecule has 8 aromatic rings. The summed E-state index contributed by atoms with van der Waals surface area (Å²) < 4.78 is 11.6. The van der Waals surface area contributed by atoms with Crippen LogP contribution in [0.1, 0.15) is 54.0 Å². The van der Waals surface area contributed by atoms with E-state index in [1.54, 1.807) is 0 Å². The van der Waals surface area contributed by atoms with Gasteiger partial charge < -0.3 is 18.8 Å². The molecule has 0 spiro atoms. The van der Waals surface area contributed by atoms with Gasteiger partial charge in [0.2, 0.25) is 0 Å². The molecule has 4 atom stereocenters. The summed E-state index contributed by atoms with van der Waals surface area (Å²) in [6.45, 7) is 6.43. The van der Waals surface area contributed by atoms with E-state index in [1.165, 1.54) is 60.8 Å². The summed E-state index contributed by atoms with van der Waals surface area (Å²) in [7, 11) is 0. The third-order valence-electron chi connectivity index (χ3n) is 13.2. The van der Waals surface area contributed by atoms with Crippen molar-refractivity contribution in [1.82, 2.24) is 9.13 Å². The molecule has 0 amide bonds. The lowest BCUT2D eigenvalue weighted by molar-refractivity contribution is 0.201. The molecule has 2 aromatic heterocycles. The quantitative estimate of drug-likeness (QED) is 0.168. The monoisotopic (exact) mass is 761 g/mol. The fourth-order valence-electron chi connectivity index (χ4n) is 10.7. The average Bonchev–Trinajstić information content (AvgIpc) is 4.02. The molecule has 0 N–H and O–H groups in total. The van der Waals surface area contributed by atoms with E-state index >= 15 is 0 Å². The van der Waals surface area contributed by atoms with E-state index in [-0.39, 0.29) is 12.0 Å². The first-order chi connectivity index (χ1) is 29.2. The molecule has 0 saturated heterocycles. The molecule has 6 aromatic carbocycles. The van der Waals surface area contributed by atoms with Gasteiger partial charge in [-0.1, -0.05) is 128 Å². The van der Waals surface area contributed by atoms with E-state index in [9.17, 15) is 0 Å². The van der Waals surface area contributed by atoms with Crippen molar-refractivity contribution >= 4 is 50.5 Å². The Morgan fingerprint density at radius 3 is 2.08 bits per heavy atom. The third kappa shape index (κ3) is 5.09. The van der Waals surface area contributed by atoms with Gasteiger partial charge in [0.25, 0.3) is 0 Å². The number of allylic oxidation sites excluding steroid dienone is 4. The first-order valence-corrected chi connectivity index (χ1v) is 21.0. The Morgan fingerprint density at radius 2 is 1.32 bits per heavy atom. The molecule has 284 valence electrons. The second kappa shape index (κ2) is 13.3. The van der Waals surface area contributed by atoms with Crippen LogP contribution in [0.4, 0.5) is 5.69 Å². The number of fused-ring (bicyclic) bond motifs is 10. The van der Waals surface area contributed by atoms with Crippen molar-refractivity contribution in [3.8, 4) is 28.3 Å². The Kier molecular flexibility index (Phi) is 7.65. The minimum Gasteiger partial charge on any atom is -0.489 e. The van der Waals surface area contributed by atoms with Crippen molar-refractivity contribution in [2.45, 2.75) is 43.7 Å². The molecule has 0 radical (unpaired) electrons. The predicted molar refractivity (Wildman–Crippen MR) is 246 cm³/mol. The number of rotatable bonds is 6. The molecular weight excluding hydrogens is 719 g/mol. The van der Waals surface area contributed by atoms with Crippen LogP contribution in [0.2, 0.25) is 0 Å². The first kappa shape index (κ1) is 34.0. The Hall–Kier alpha value is -7.04. The van der Waals surface area contributed by atoms with E-state index in [1.807, 2.05) is 6.08 Å². The summed E-state index contributed by atoms with van der Waals surface area (Å²) in [5, 5.41) is 3.70. The van der Waals surface area contributed by atoms with Crippen LogP contribution >= 0.6 is 0 Å². The van der Waals surface area contributed by atoms with Gasteiger partial charge >= 0.3 is 0 Å². The zero-order chi connectivity index (χ0) is 39.2. The van der Waals surface area contributed by atoms with Crippen molar-refractivity contribution in [2.75, 3.05) is 4.90 Å². The standard InChI is InChI=1S/C55H43N3O/c1-3-15-40-41-16-5-12-23-51(41)57(48(40)4-2)38-30-36(31-39(33-38)58-52-24-13-8-19-44(52)45-20-9-14-25-53(45)58)35-26-28-54-46(32-35)47-34-37(27-29-55(47)59-54)56-49-21-10-6-17-42(49)43-18-7-11-22-50(43)56/h3-26,28,30-34,42,47,49,55H,2,27,29H2,1H3/b15-3-. The zero-order valence-electron chi connectivity index (χ0n) is 33.0.